The van der Waals surface area contributed by atoms with E-state index >= 15 is 0 Å². The highest BCUT2D eigenvalue weighted by Crippen LogP contribution is 2.11. The highest BCUT2D eigenvalue weighted by Gasteiger charge is 2.19. The third-order valence-corrected chi connectivity index (χ3v) is 2.75. The smallest absolute Gasteiger partial charge is 0.240 e. The molecule has 0 aromatic heterocycles. The molecular formula is C14H20N2O2. The van der Waals surface area contributed by atoms with Crippen molar-refractivity contribution in [2.24, 2.45) is 5.73 Å². The van der Waals surface area contributed by atoms with Gasteiger partial charge < -0.3 is 15.7 Å². The van der Waals surface area contributed by atoms with Crippen LogP contribution in [0.1, 0.15) is 12.5 Å². The van der Waals surface area contributed by atoms with E-state index in [4.69, 9.17) is 5.73 Å². The molecule has 1 rings (SSSR count). The van der Waals surface area contributed by atoms with Gasteiger partial charge >= 0.3 is 0 Å². The minimum absolute atomic E-state index is 0.0783. The Morgan fingerprint density at radius 1 is 1.50 bits per heavy atom. The number of hydrogen-bond acceptors (Lipinski definition) is 3. The molecule has 1 amide bonds. The predicted octanol–water partition coefficient (Wildman–Crippen LogP) is 1.30. The lowest BCUT2D eigenvalue weighted by atomic mass is 10.1. The van der Waals surface area contributed by atoms with Gasteiger partial charge in [-0.1, -0.05) is 18.2 Å². The van der Waals surface area contributed by atoms with Crippen molar-refractivity contribution in [2.75, 3.05) is 13.1 Å². The molecule has 1 atom stereocenters. The number of nitrogens with zero attached hydrogens (tertiary/aromatic N) is 1. The zero-order valence-corrected chi connectivity index (χ0v) is 10.7. The molecule has 0 radical (unpaired) electrons. The fourth-order valence-corrected chi connectivity index (χ4v) is 1.74. The number of carbonyl (C=O) groups is 1. The lowest BCUT2D eigenvalue weighted by molar-refractivity contribution is -0.131. The van der Waals surface area contributed by atoms with Crippen LogP contribution in [0.4, 0.5) is 0 Å². The first kappa shape index (κ1) is 14.3. The highest BCUT2D eigenvalue weighted by molar-refractivity contribution is 5.82. The number of carbonyl (C=O) groups excluding carboxylic acids is 1. The quantitative estimate of drug-likeness (QED) is 0.746. The minimum Gasteiger partial charge on any atom is -0.508 e. The van der Waals surface area contributed by atoms with Crippen molar-refractivity contribution >= 4 is 5.91 Å². The van der Waals surface area contributed by atoms with Crippen LogP contribution in [0.25, 0.3) is 0 Å². The van der Waals surface area contributed by atoms with Gasteiger partial charge in [0.25, 0.3) is 0 Å². The van der Waals surface area contributed by atoms with Crippen molar-refractivity contribution in [3.8, 4) is 5.75 Å². The number of aromatic hydroxyl groups is 1. The van der Waals surface area contributed by atoms with Crippen LogP contribution in [-0.2, 0) is 11.2 Å². The fourth-order valence-electron chi connectivity index (χ4n) is 1.74. The molecule has 98 valence electrons. The average Bonchev–Trinajstić information content (AvgIpc) is 2.37. The lowest BCUT2D eigenvalue weighted by Gasteiger charge is -2.23. The second-order valence-corrected chi connectivity index (χ2v) is 4.14. The standard InChI is InChI=1S/C14H20N2O2/c1-3-9-16(4-2)14(18)13(15)10-11-5-7-12(17)8-6-11/h3,5-8,13,17H,1,4,9-10,15H2,2H3. The number of nitrogens with two attached hydrogens (primary N) is 1. The normalized spacial score (nSPS) is 11.9. The first-order chi connectivity index (χ1) is 8.58. The summed E-state index contributed by atoms with van der Waals surface area (Å²) in [5.74, 6) is 0.131. The Kier molecular flexibility index (Phi) is 5.39. The number of rotatable bonds is 6. The van der Waals surface area contributed by atoms with E-state index in [1.54, 1.807) is 35.2 Å². The Morgan fingerprint density at radius 3 is 2.61 bits per heavy atom. The van der Waals surface area contributed by atoms with Crippen molar-refractivity contribution < 1.29 is 9.90 Å². The molecule has 1 aromatic carbocycles. The van der Waals surface area contributed by atoms with E-state index < -0.39 is 6.04 Å². The lowest BCUT2D eigenvalue weighted by Crippen LogP contribution is -2.44. The molecule has 0 aliphatic rings. The maximum Gasteiger partial charge on any atom is 0.240 e. The predicted molar refractivity (Wildman–Crippen MR) is 72.2 cm³/mol. The van der Waals surface area contributed by atoms with Crippen LogP contribution in [0.15, 0.2) is 36.9 Å². The van der Waals surface area contributed by atoms with Crippen molar-refractivity contribution in [3.05, 3.63) is 42.5 Å². The molecule has 0 aliphatic heterocycles. The third kappa shape index (κ3) is 3.89. The number of phenolic OH excluding ortho intramolecular Hbond substituents is 1. The van der Waals surface area contributed by atoms with Crippen LogP contribution >= 0.6 is 0 Å². The molecule has 0 saturated heterocycles. The summed E-state index contributed by atoms with van der Waals surface area (Å²) < 4.78 is 0. The van der Waals surface area contributed by atoms with Crippen LogP contribution < -0.4 is 5.73 Å². The van der Waals surface area contributed by atoms with Gasteiger partial charge in [0.05, 0.1) is 6.04 Å². The van der Waals surface area contributed by atoms with E-state index in [0.29, 0.717) is 19.5 Å². The van der Waals surface area contributed by atoms with E-state index in [9.17, 15) is 9.90 Å². The van der Waals surface area contributed by atoms with Gasteiger partial charge in [-0.3, -0.25) is 4.79 Å². The molecule has 4 nitrogen and oxygen atoms in total. The van der Waals surface area contributed by atoms with Crippen molar-refractivity contribution in [2.45, 2.75) is 19.4 Å². The van der Waals surface area contributed by atoms with Crippen molar-refractivity contribution in [3.63, 3.8) is 0 Å². The van der Waals surface area contributed by atoms with Gasteiger partial charge in [0.2, 0.25) is 5.91 Å². The second kappa shape index (κ2) is 6.81. The largest absolute Gasteiger partial charge is 0.508 e. The maximum atomic E-state index is 12.0. The topological polar surface area (TPSA) is 66.6 Å². The Labute approximate surface area is 108 Å². The number of likely N-dealkylation sites (N-methyl/N-ethyl adjacent to an activating group) is 1. The summed E-state index contributed by atoms with van der Waals surface area (Å²) in [5.41, 5.74) is 6.84. The van der Waals surface area contributed by atoms with Gasteiger partial charge in [-0.05, 0) is 31.0 Å². The van der Waals surface area contributed by atoms with Crippen LogP contribution in [0.2, 0.25) is 0 Å². The SMILES string of the molecule is C=CCN(CC)C(=O)C(N)Cc1ccc(O)cc1. The molecule has 3 N–H and O–H groups in total. The summed E-state index contributed by atoms with van der Waals surface area (Å²) in [6.07, 6.45) is 2.15. The first-order valence-electron chi connectivity index (χ1n) is 6.01. The molecule has 0 aliphatic carbocycles. The minimum atomic E-state index is -0.561. The molecule has 0 bridgehead atoms. The van der Waals surface area contributed by atoms with Gasteiger partial charge in [0.1, 0.15) is 5.75 Å². The van der Waals surface area contributed by atoms with Gasteiger partial charge in [0, 0.05) is 13.1 Å². The van der Waals surface area contributed by atoms with Gasteiger partial charge in [-0.25, -0.2) is 0 Å². The van der Waals surface area contributed by atoms with E-state index in [-0.39, 0.29) is 11.7 Å². The molecule has 4 heteroatoms. The van der Waals surface area contributed by atoms with E-state index in [0.717, 1.165) is 5.56 Å². The average molecular weight is 248 g/mol. The Balaban J connectivity index is 2.63. The molecule has 0 fully saturated rings. The Bertz CT molecular complexity index is 401. The van der Waals surface area contributed by atoms with Gasteiger partial charge in [-0.15, -0.1) is 6.58 Å². The molecular weight excluding hydrogens is 228 g/mol. The number of phenols is 1. The van der Waals surface area contributed by atoms with E-state index in [1.165, 1.54) is 0 Å². The van der Waals surface area contributed by atoms with Crippen LogP contribution in [0, 0.1) is 0 Å². The summed E-state index contributed by atoms with van der Waals surface area (Å²) in [6, 6.07) is 6.16. The number of benzene rings is 1. The van der Waals surface area contributed by atoms with Crippen LogP contribution in [0.3, 0.4) is 0 Å². The molecule has 0 saturated carbocycles. The highest BCUT2D eigenvalue weighted by atomic mass is 16.3. The van der Waals surface area contributed by atoms with E-state index in [1.807, 2.05) is 6.92 Å². The third-order valence-electron chi connectivity index (χ3n) is 2.75. The van der Waals surface area contributed by atoms with Crippen LogP contribution in [0.5, 0.6) is 5.75 Å². The number of hydrogen-bond donors (Lipinski definition) is 2. The summed E-state index contributed by atoms with van der Waals surface area (Å²) in [4.78, 5) is 13.7. The molecule has 1 unspecified atom stereocenters. The van der Waals surface area contributed by atoms with Crippen molar-refractivity contribution in [1.82, 2.24) is 4.90 Å². The monoisotopic (exact) mass is 248 g/mol. The summed E-state index contributed by atoms with van der Waals surface area (Å²) >= 11 is 0. The molecule has 0 spiro atoms. The summed E-state index contributed by atoms with van der Waals surface area (Å²) in [6.45, 7) is 6.66. The maximum absolute atomic E-state index is 12.0. The van der Waals surface area contributed by atoms with Crippen LogP contribution in [-0.4, -0.2) is 35.0 Å². The second-order valence-electron chi connectivity index (χ2n) is 4.14. The summed E-state index contributed by atoms with van der Waals surface area (Å²) in [5, 5.41) is 9.18. The molecule has 18 heavy (non-hydrogen) atoms. The Morgan fingerprint density at radius 2 is 2.11 bits per heavy atom. The van der Waals surface area contributed by atoms with Crippen molar-refractivity contribution in [1.29, 1.82) is 0 Å². The number of amides is 1. The zero-order valence-electron chi connectivity index (χ0n) is 10.7. The zero-order chi connectivity index (χ0) is 13.5. The summed E-state index contributed by atoms with van der Waals surface area (Å²) in [7, 11) is 0. The van der Waals surface area contributed by atoms with Gasteiger partial charge in [0.15, 0.2) is 0 Å². The van der Waals surface area contributed by atoms with Gasteiger partial charge in [-0.2, -0.15) is 0 Å². The molecule has 1 aromatic rings. The first-order valence-corrected chi connectivity index (χ1v) is 6.01. The fraction of sp³-hybridized carbons (Fsp3) is 0.357. The van der Waals surface area contributed by atoms with E-state index in [2.05, 4.69) is 6.58 Å². The molecule has 0 heterocycles. The Hall–Kier alpha value is -1.81.